The van der Waals surface area contributed by atoms with Gasteiger partial charge in [0.1, 0.15) is 5.75 Å². The fourth-order valence-corrected chi connectivity index (χ4v) is 2.39. The van der Waals surface area contributed by atoms with Crippen molar-refractivity contribution in [2.45, 2.75) is 13.8 Å². The van der Waals surface area contributed by atoms with E-state index in [0.29, 0.717) is 11.3 Å². The topological polar surface area (TPSA) is 96.5 Å². The van der Waals surface area contributed by atoms with Crippen molar-refractivity contribution in [1.29, 1.82) is 0 Å². The minimum absolute atomic E-state index is 0.0919. The third-order valence-corrected chi connectivity index (χ3v) is 4.13. The minimum atomic E-state index is -0.329. The Kier molecular flexibility index (Phi) is 8.02. The van der Waals surface area contributed by atoms with E-state index in [2.05, 4.69) is 16.0 Å². The van der Waals surface area contributed by atoms with Crippen LogP contribution in [0.25, 0.3) is 0 Å². The first kappa shape index (κ1) is 21.0. The van der Waals surface area contributed by atoms with Gasteiger partial charge in [-0.25, -0.2) is 0 Å². The number of amides is 3. The van der Waals surface area contributed by atoms with Crippen LogP contribution in [-0.2, 0) is 9.59 Å². The van der Waals surface area contributed by atoms with Crippen molar-refractivity contribution in [2.75, 3.05) is 26.2 Å². The minimum Gasteiger partial charge on any atom is -0.483 e. The predicted molar refractivity (Wildman–Crippen MR) is 106 cm³/mol. The van der Waals surface area contributed by atoms with Crippen LogP contribution in [0.3, 0.4) is 0 Å². The fourth-order valence-electron chi connectivity index (χ4n) is 2.39. The highest BCUT2D eigenvalue weighted by molar-refractivity contribution is 5.96. The molecule has 0 aliphatic rings. The maximum atomic E-state index is 11.8. The van der Waals surface area contributed by atoms with E-state index in [1.54, 1.807) is 24.3 Å². The number of carbonyl (C=O) groups is 3. The molecule has 0 unspecified atom stereocenters. The van der Waals surface area contributed by atoms with Crippen molar-refractivity contribution in [1.82, 2.24) is 16.0 Å². The van der Waals surface area contributed by atoms with Crippen molar-refractivity contribution in [3.8, 4) is 5.75 Å². The Morgan fingerprint density at radius 1 is 0.821 bits per heavy atom. The molecule has 7 heteroatoms. The molecule has 0 aliphatic heterocycles. The summed E-state index contributed by atoms with van der Waals surface area (Å²) in [4.78, 5) is 35.4. The smallest absolute Gasteiger partial charge is 0.258 e. The summed E-state index contributed by atoms with van der Waals surface area (Å²) in [7, 11) is 0. The third-order valence-electron chi connectivity index (χ3n) is 4.13. The molecule has 0 aliphatic carbocycles. The highest BCUT2D eigenvalue weighted by Crippen LogP contribution is 2.20. The first-order valence-corrected chi connectivity index (χ1v) is 9.03. The molecular formula is C21H25N3O4. The van der Waals surface area contributed by atoms with E-state index in [4.69, 9.17) is 4.74 Å². The van der Waals surface area contributed by atoms with Gasteiger partial charge in [-0.05, 0) is 43.2 Å². The largest absolute Gasteiger partial charge is 0.483 e. The SMILES string of the molecule is Cc1cccc(OCC(=O)NCCNC(=O)CNC(=O)c2ccccc2)c1C. The van der Waals surface area contributed by atoms with E-state index in [0.717, 1.165) is 11.1 Å². The predicted octanol–water partition coefficient (Wildman–Crippen LogP) is 1.34. The molecule has 0 bridgehead atoms. The first-order valence-electron chi connectivity index (χ1n) is 9.03. The Hall–Kier alpha value is -3.35. The van der Waals surface area contributed by atoms with Gasteiger partial charge in [0.15, 0.2) is 6.61 Å². The van der Waals surface area contributed by atoms with Crippen LogP contribution in [0.15, 0.2) is 48.5 Å². The lowest BCUT2D eigenvalue weighted by molar-refractivity contribution is -0.123. The highest BCUT2D eigenvalue weighted by atomic mass is 16.5. The van der Waals surface area contributed by atoms with Gasteiger partial charge in [-0.15, -0.1) is 0 Å². The standard InChI is InChI=1S/C21H25N3O4/c1-15-7-6-10-18(16(15)2)28-14-20(26)23-12-11-22-19(25)13-24-21(27)17-8-4-3-5-9-17/h3-10H,11-14H2,1-2H3,(H,22,25)(H,23,26)(H,24,27). The number of nitrogens with one attached hydrogen (secondary N) is 3. The van der Waals surface area contributed by atoms with Crippen LogP contribution < -0.4 is 20.7 Å². The molecule has 148 valence electrons. The summed E-state index contributed by atoms with van der Waals surface area (Å²) < 4.78 is 5.52. The van der Waals surface area contributed by atoms with Crippen LogP contribution >= 0.6 is 0 Å². The maximum Gasteiger partial charge on any atom is 0.258 e. The molecule has 3 amide bonds. The van der Waals surface area contributed by atoms with E-state index < -0.39 is 0 Å². The lowest BCUT2D eigenvalue weighted by Crippen LogP contribution is -2.41. The zero-order valence-corrected chi connectivity index (χ0v) is 16.1. The summed E-state index contributed by atoms with van der Waals surface area (Å²) in [5.41, 5.74) is 2.59. The summed E-state index contributed by atoms with van der Waals surface area (Å²) in [6, 6.07) is 14.3. The normalized spacial score (nSPS) is 10.1. The number of benzene rings is 2. The molecule has 3 N–H and O–H groups in total. The van der Waals surface area contributed by atoms with Crippen molar-refractivity contribution in [3.63, 3.8) is 0 Å². The molecule has 0 fully saturated rings. The van der Waals surface area contributed by atoms with Crippen LogP contribution in [0.1, 0.15) is 21.5 Å². The highest BCUT2D eigenvalue weighted by Gasteiger charge is 2.08. The van der Waals surface area contributed by atoms with Gasteiger partial charge in [-0.2, -0.15) is 0 Å². The van der Waals surface area contributed by atoms with E-state index in [1.807, 2.05) is 38.1 Å². The molecule has 2 aromatic carbocycles. The van der Waals surface area contributed by atoms with Gasteiger partial charge < -0.3 is 20.7 Å². The van der Waals surface area contributed by atoms with Gasteiger partial charge in [0.2, 0.25) is 5.91 Å². The summed E-state index contributed by atoms with van der Waals surface area (Å²) >= 11 is 0. The Bertz CT molecular complexity index is 822. The average Bonchev–Trinajstić information content (AvgIpc) is 2.71. The number of hydrogen-bond donors (Lipinski definition) is 3. The van der Waals surface area contributed by atoms with Crippen LogP contribution in [0.4, 0.5) is 0 Å². The van der Waals surface area contributed by atoms with Crippen LogP contribution in [0.2, 0.25) is 0 Å². The molecule has 0 saturated carbocycles. The van der Waals surface area contributed by atoms with E-state index in [1.165, 1.54) is 0 Å². The van der Waals surface area contributed by atoms with Gasteiger partial charge in [0.25, 0.3) is 11.8 Å². The zero-order valence-electron chi connectivity index (χ0n) is 16.1. The first-order chi connectivity index (χ1) is 13.5. The number of aryl methyl sites for hydroxylation is 1. The number of rotatable bonds is 9. The summed E-state index contributed by atoms with van der Waals surface area (Å²) in [5, 5.41) is 7.83. The monoisotopic (exact) mass is 383 g/mol. The molecular weight excluding hydrogens is 358 g/mol. The maximum absolute atomic E-state index is 11.8. The van der Waals surface area contributed by atoms with Gasteiger partial charge in [-0.1, -0.05) is 30.3 Å². The molecule has 7 nitrogen and oxygen atoms in total. The molecule has 0 radical (unpaired) electrons. The molecule has 0 saturated heterocycles. The summed E-state index contributed by atoms with van der Waals surface area (Å²) in [5.74, 6) is -0.233. The zero-order chi connectivity index (χ0) is 20.4. The Balaban J connectivity index is 1.59. The molecule has 0 atom stereocenters. The Morgan fingerprint density at radius 2 is 1.50 bits per heavy atom. The van der Waals surface area contributed by atoms with Gasteiger partial charge in [-0.3, -0.25) is 14.4 Å². The quantitative estimate of drug-likeness (QED) is 0.570. The molecule has 28 heavy (non-hydrogen) atoms. The summed E-state index contributed by atoms with van der Waals surface area (Å²) in [6.07, 6.45) is 0. The van der Waals surface area contributed by atoms with E-state index in [-0.39, 0.29) is 44.0 Å². The van der Waals surface area contributed by atoms with Crippen molar-refractivity contribution in [2.24, 2.45) is 0 Å². The van der Waals surface area contributed by atoms with Crippen LogP contribution in [0.5, 0.6) is 5.75 Å². The van der Waals surface area contributed by atoms with Gasteiger partial charge in [0, 0.05) is 18.7 Å². The second kappa shape index (κ2) is 10.7. The number of ether oxygens (including phenoxy) is 1. The average molecular weight is 383 g/mol. The van der Waals surface area contributed by atoms with Crippen LogP contribution in [0, 0.1) is 13.8 Å². The molecule has 2 rings (SSSR count). The summed E-state index contributed by atoms with van der Waals surface area (Å²) in [6.45, 7) is 4.23. The van der Waals surface area contributed by atoms with Gasteiger partial charge >= 0.3 is 0 Å². The molecule has 0 spiro atoms. The second-order valence-corrected chi connectivity index (χ2v) is 6.24. The van der Waals surface area contributed by atoms with E-state index >= 15 is 0 Å². The van der Waals surface area contributed by atoms with Crippen LogP contribution in [-0.4, -0.2) is 44.0 Å². The van der Waals surface area contributed by atoms with E-state index in [9.17, 15) is 14.4 Å². The number of carbonyl (C=O) groups excluding carboxylic acids is 3. The Morgan fingerprint density at radius 3 is 2.21 bits per heavy atom. The van der Waals surface area contributed by atoms with Crippen molar-refractivity contribution < 1.29 is 19.1 Å². The third kappa shape index (κ3) is 6.75. The Labute approximate surface area is 164 Å². The van der Waals surface area contributed by atoms with Crippen molar-refractivity contribution >= 4 is 17.7 Å². The molecule has 0 heterocycles. The fraction of sp³-hybridized carbons (Fsp3) is 0.286. The van der Waals surface area contributed by atoms with Crippen molar-refractivity contribution in [3.05, 3.63) is 65.2 Å². The number of hydrogen-bond acceptors (Lipinski definition) is 4. The van der Waals surface area contributed by atoms with Gasteiger partial charge in [0.05, 0.1) is 6.54 Å². The lowest BCUT2D eigenvalue weighted by atomic mass is 10.1. The second-order valence-electron chi connectivity index (χ2n) is 6.24. The lowest BCUT2D eigenvalue weighted by Gasteiger charge is -2.11. The molecule has 2 aromatic rings. The molecule has 0 aromatic heterocycles.